The van der Waals surface area contributed by atoms with Gasteiger partial charge in [0, 0.05) is 13.2 Å². The number of amides is 1. The molecule has 1 atom stereocenters. The van der Waals surface area contributed by atoms with E-state index >= 15 is 0 Å². The van der Waals surface area contributed by atoms with Crippen LogP contribution in [0.5, 0.6) is 11.5 Å². The van der Waals surface area contributed by atoms with Gasteiger partial charge in [0.15, 0.2) is 11.5 Å². The standard InChI is InChI=1S/C20H21F2NO4/c1-25-19-9-13(4-7-18(19)27-12-15-3-2-8-26-15)11-23-20(24)16-10-14(21)5-6-17(16)22/h4-7,9-10,15H,2-3,8,11-12H2,1H3,(H,23,24)/t15-/m0/s1. The smallest absolute Gasteiger partial charge is 0.254 e. The third-order valence-electron chi connectivity index (χ3n) is 4.30. The second-order valence-electron chi connectivity index (χ2n) is 6.24. The van der Waals surface area contributed by atoms with E-state index in [1.54, 1.807) is 18.2 Å². The molecule has 1 amide bonds. The van der Waals surface area contributed by atoms with Gasteiger partial charge in [-0.1, -0.05) is 6.07 Å². The van der Waals surface area contributed by atoms with Crippen molar-refractivity contribution in [1.29, 1.82) is 0 Å². The zero-order chi connectivity index (χ0) is 19.2. The lowest BCUT2D eigenvalue weighted by atomic mass is 10.1. The zero-order valence-electron chi connectivity index (χ0n) is 15.0. The molecule has 0 aromatic heterocycles. The summed E-state index contributed by atoms with van der Waals surface area (Å²) in [5.41, 5.74) is 0.403. The van der Waals surface area contributed by atoms with Crippen molar-refractivity contribution in [2.75, 3.05) is 20.3 Å². The van der Waals surface area contributed by atoms with Crippen LogP contribution in [0.25, 0.3) is 0 Å². The van der Waals surface area contributed by atoms with E-state index < -0.39 is 17.5 Å². The molecule has 144 valence electrons. The predicted octanol–water partition coefficient (Wildman–Crippen LogP) is 3.46. The summed E-state index contributed by atoms with van der Waals surface area (Å²) in [6, 6.07) is 8.01. The van der Waals surface area contributed by atoms with Crippen LogP contribution in [0.2, 0.25) is 0 Å². The number of hydrogen-bond acceptors (Lipinski definition) is 4. The number of nitrogens with one attached hydrogen (secondary N) is 1. The van der Waals surface area contributed by atoms with E-state index in [9.17, 15) is 13.6 Å². The molecule has 27 heavy (non-hydrogen) atoms. The highest BCUT2D eigenvalue weighted by Gasteiger charge is 2.17. The molecule has 1 aliphatic rings. The first-order valence-corrected chi connectivity index (χ1v) is 8.71. The fraction of sp³-hybridized carbons (Fsp3) is 0.350. The van der Waals surface area contributed by atoms with Crippen molar-refractivity contribution in [3.05, 3.63) is 59.2 Å². The van der Waals surface area contributed by atoms with Crippen LogP contribution >= 0.6 is 0 Å². The van der Waals surface area contributed by atoms with Crippen molar-refractivity contribution in [3.63, 3.8) is 0 Å². The van der Waals surface area contributed by atoms with Crippen LogP contribution in [-0.4, -0.2) is 32.3 Å². The van der Waals surface area contributed by atoms with Gasteiger partial charge in [-0.2, -0.15) is 0 Å². The van der Waals surface area contributed by atoms with Crippen molar-refractivity contribution in [2.24, 2.45) is 0 Å². The van der Waals surface area contributed by atoms with E-state index in [2.05, 4.69) is 5.32 Å². The maximum atomic E-state index is 13.7. The van der Waals surface area contributed by atoms with E-state index in [1.165, 1.54) is 7.11 Å². The minimum Gasteiger partial charge on any atom is -0.493 e. The Morgan fingerprint density at radius 1 is 1.22 bits per heavy atom. The number of rotatable bonds is 7. The first kappa shape index (κ1) is 19.1. The van der Waals surface area contributed by atoms with Gasteiger partial charge in [-0.15, -0.1) is 0 Å². The van der Waals surface area contributed by atoms with E-state index in [0.29, 0.717) is 18.1 Å². The quantitative estimate of drug-likeness (QED) is 0.803. The summed E-state index contributed by atoms with van der Waals surface area (Å²) >= 11 is 0. The average molecular weight is 377 g/mol. The zero-order valence-corrected chi connectivity index (χ0v) is 15.0. The van der Waals surface area contributed by atoms with Crippen LogP contribution in [0.15, 0.2) is 36.4 Å². The molecule has 0 radical (unpaired) electrons. The van der Waals surface area contributed by atoms with Gasteiger partial charge in [0.2, 0.25) is 0 Å². The molecule has 0 bridgehead atoms. The molecule has 3 rings (SSSR count). The average Bonchev–Trinajstić information content (AvgIpc) is 3.20. The number of methoxy groups -OCH3 is 1. The molecule has 0 saturated carbocycles. The van der Waals surface area contributed by atoms with Crippen molar-refractivity contribution in [1.82, 2.24) is 5.32 Å². The lowest BCUT2D eigenvalue weighted by Gasteiger charge is -2.15. The minimum atomic E-state index is -0.774. The molecule has 2 aromatic carbocycles. The third-order valence-corrected chi connectivity index (χ3v) is 4.30. The maximum Gasteiger partial charge on any atom is 0.254 e. The SMILES string of the molecule is COc1cc(CNC(=O)c2cc(F)ccc2F)ccc1OC[C@@H]1CCCO1. The molecule has 5 nitrogen and oxygen atoms in total. The number of carbonyl (C=O) groups is 1. The van der Waals surface area contributed by atoms with Gasteiger partial charge in [-0.25, -0.2) is 8.78 Å². The molecule has 0 aliphatic carbocycles. The molecule has 7 heteroatoms. The summed E-state index contributed by atoms with van der Waals surface area (Å²) in [4.78, 5) is 12.1. The Bertz CT molecular complexity index is 807. The van der Waals surface area contributed by atoms with Crippen molar-refractivity contribution in [2.45, 2.75) is 25.5 Å². The predicted molar refractivity (Wildman–Crippen MR) is 95.0 cm³/mol. The number of hydrogen-bond donors (Lipinski definition) is 1. The molecule has 2 aromatic rings. The highest BCUT2D eigenvalue weighted by atomic mass is 19.1. The first-order chi connectivity index (χ1) is 13.1. The topological polar surface area (TPSA) is 56.8 Å². The monoisotopic (exact) mass is 377 g/mol. The number of carbonyl (C=O) groups excluding carboxylic acids is 1. The Labute approximate surface area is 156 Å². The summed E-state index contributed by atoms with van der Waals surface area (Å²) in [5, 5.41) is 2.57. The Morgan fingerprint density at radius 2 is 2.07 bits per heavy atom. The van der Waals surface area contributed by atoms with Gasteiger partial charge in [-0.3, -0.25) is 4.79 Å². The Hall–Kier alpha value is -2.67. The number of halogens is 2. The fourth-order valence-electron chi connectivity index (χ4n) is 2.85. The van der Waals surface area contributed by atoms with Gasteiger partial charge in [0.05, 0.1) is 18.8 Å². The van der Waals surface area contributed by atoms with Gasteiger partial charge < -0.3 is 19.5 Å². The molecule has 1 aliphatic heterocycles. The van der Waals surface area contributed by atoms with Crippen molar-refractivity contribution < 1.29 is 27.8 Å². The lowest BCUT2D eigenvalue weighted by molar-refractivity contribution is 0.0669. The molecule has 1 heterocycles. The van der Waals surface area contributed by atoms with Crippen LogP contribution in [-0.2, 0) is 11.3 Å². The summed E-state index contributed by atoms with van der Waals surface area (Å²) in [6.45, 7) is 1.35. The fourth-order valence-corrected chi connectivity index (χ4v) is 2.85. The van der Waals surface area contributed by atoms with Gasteiger partial charge in [0.25, 0.3) is 5.91 Å². The summed E-state index contributed by atoms with van der Waals surface area (Å²) in [6.07, 6.45) is 2.11. The van der Waals surface area contributed by atoms with Crippen molar-refractivity contribution >= 4 is 5.91 Å². The normalized spacial score (nSPS) is 16.2. The van der Waals surface area contributed by atoms with Crippen LogP contribution in [0, 0.1) is 11.6 Å². The van der Waals surface area contributed by atoms with E-state index in [-0.39, 0.29) is 18.2 Å². The Morgan fingerprint density at radius 3 is 2.81 bits per heavy atom. The maximum absolute atomic E-state index is 13.7. The van der Waals surface area contributed by atoms with Gasteiger partial charge in [0.1, 0.15) is 18.2 Å². The molecule has 1 saturated heterocycles. The summed E-state index contributed by atoms with van der Waals surface area (Å²) < 4.78 is 43.5. The molecule has 0 spiro atoms. The summed E-state index contributed by atoms with van der Waals surface area (Å²) in [5.74, 6) is -1.03. The Balaban J connectivity index is 1.61. The second kappa shape index (κ2) is 8.81. The van der Waals surface area contributed by atoms with Crippen molar-refractivity contribution in [3.8, 4) is 11.5 Å². The largest absolute Gasteiger partial charge is 0.493 e. The first-order valence-electron chi connectivity index (χ1n) is 8.71. The minimum absolute atomic E-state index is 0.0924. The van der Waals surface area contributed by atoms with Crippen LogP contribution < -0.4 is 14.8 Å². The van der Waals surface area contributed by atoms with E-state index in [4.69, 9.17) is 14.2 Å². The highest BCUT2D eigenvalue weighted by molar-refractivity contribution is 5.94. The molecular weight excluding hydrogens is 356 g/mol. The highest BCUT2D eigenvalue weighted by Crippen LogP contribution is 2.29. The number of benzene rings is 2. The molecule has 1 fully saturated rings. The van der Waals surface area contributed by atoms with Gasteiger partial charge >= 0.3 is 0 Å². The van der Waals surface area contributed by atoms with E-state index in [1.807, 2.05) is 0 Å². The van der Waals surface area contributed by atoms with E-state index in [0.717, 1.165) is 43.2 Å². The van der Waals surface area contributed by atoms with Crippen LogP contribution in [0.3, 0.4) is 0 Å². The second-order valence-corrected chi connectivity index (χ2v) is 6.24. The van der Waals surface area contributed by atoms with Crippen LogP contribution in [0.4, 0.5) is 8.78 Å². The third kappa shape index (κ3) is 4.95. The molecular formula is C20H21F2NO4. The Kier molecular flexibility index (Phi) is 6.24. The molecule has 1 N–H and O–H groups in total. The van der Waals surface area contributed by atoms with Crippen LogP contribution in [0.1, 0.15) is 28.8 Å². The van der Waals surface area contributed by atoms with Gasteiger partial charge in [-0.05, 0) is 48.7 Å². The number of ether oxygens (including phenoxy) is 3. The lowest BCUT2D eigenvalue weighted by Crippen LogP contribution is -2.24. The molecule has 0 unspecified atom stereocenters. The summed E-state index contributed by atoms with van der Waals surface area (Å²) in [7, 11) is 1.53.